The van der Waals surface area contributed by atoms with Gasteiger partial charge in [-0.2, -0.15) is 0 Å². The van der Waals surface area contributed by atoms with Crippen molar-refractivity contribution in [2.24, 2.45) is 0 Å². The molecule has 21 heavy (non-hydrogen) atoms. The molecular weight excluding hydrogens is 288 g/mol. The van der Waals surface area contributed by atoms with Gasteiger partial charge < -0.3 is 15.2 Å². The van der Waals surface area contributed by atoms with Crippen LogP contribution in [0.25, 0.3) is 0 Å². The number of pyridine rings is 1. The molecule has 0 saturated carbocycles. The van der Waals surface area contributed by atoms with Crippen molar-refractivity contribution in [3.05, 3.63) is 59.4 Å². The molecule has 0 aliphatic heterocycles. The zero-order valence-electron chi connectivity index (χ0n) is 11.9. The van der Waals surface area contributed by atoms with Crippen LogP contribution in [0.2, 0.25) is 5.02 Å². The Labute approximate surface area is 129 Å². The lowest BCUT2D eigenvalue weighted by Gasteiger charge is -2.18. The van der Waals surface area contributed by atoms with Gasteiger partial charge in [0.1, 0.15) is 18.5 Å². The van der Waals surface area contributed by atoms with E-state index in [2.05, 4.69) is 10.3 Å². The van der Waals surface area contributed by atoms with E-state index in [1.165, 1.54) is 0 Å². The second-order valence-electron chi connectivity index (χ2n) is 4.81. The first-order valence-corrected chi connectivity index (χ1v) is 7.23. The lowest BCUT2D eigenvalue weighted by Crippen LogP contribution is -2.33. The van der Waals surface area contributed by atoms with E-state index in [0.717, 1.165) is 5.56 Å². The van der Waals surface area contributed by atoms with Gasteiger partial charge in [0, 0.05) is 25.0 Å². The van der Waals surface area contributed by atoms with Crippen LogP contribution in [0.1, 0.15) is 18.5 Å². The predicted octanol–water partition coefficient (Wildman–Crippen LogP) is 2.83. The van der Waals surface area contributed by atoms with Crippen molar-refractivity contribution in [3.63, 3.8) is 0 Å². The zero-order valence-corrected chi connectivity index (χ0v) is 12.6. The highest BCUT2D eigenvalue weighted by molar-refractivity contribution is 6.32. The highest BCUT2D eigenvalue weighted by atomic mass is 35.5. The number of ether oxygens (including phenoxy) is 1. The van der Waals surface area contributed by atoms with E-state index in [1.807, 2.05) is 31.2 Å². The first kappa shape index (κ1) is 15.8. The van der Waals surface area contributed by atoms with Crippen molar-refractivity contribution in [2.45, 2.75) is 19.1 Å². The number of aliphatic hydroxyl groups is 1. The van der Waals surface area contributed by atoms with Crippen LogP contribution in [-0.2, 0) is 0 Å². The largest absolute Gasteiger partial charge is 0.489 e. The number of hydrogen-bond donors (Lipinski definition) is 2. The number of para-hydroxylation sites is 1. The first-order chi connectivity index (χ1) is 10.2. The van der Waals surface area contributed by atoms with Crippen LogP contribution >= 0.6 is 11.6 Å². The van der Waals surface area contributed by atoms with Crippen LogP contribution in [0.4, 0.5) is 0 Å². The minimum atomic E-state index is -0.606. The standard InChI is InChI=1S/C16H19ClN2O2/c1-12(13-6-8-18-9-7-13)19-10-14(20)11-21-16-5-3-2-4-15(16)17/h2-9,12,14,19-20H,10-11H2,1H3. The first-order valence-electron chi connectivity index (χ1n) is 6.85. The van der Waals surface area contributed by atoms with Crippen LogP contribution in [0.15, 0.2) is 48.8 Å². The third-order valence-electron chi connectivity index (χ3n) is 3.13. The van der Waals surface area contributed by atoms with Gasteiger partial charge in [0.2, 0.25) is 0 Å². The zero-order chi connectivity index (χ0) is 15.1. The average molecular weight is 307 g/mol. The minimum absolute atomic E-state index is 0.142. The smallest absolute Gasteiger partial charge is 0.138 e. The molecule has 112 valence electrons. The van der Waals surface area contributed by atoms with Crippen molar-refractivity contribution < 1.29 is 9.84 Å². The number of benzene rings is 1. The van der Waals surface area contributed by atoms with Crippen LogP contribution in [0, 0.1) is 0 Å². The van der Waals surface area contributed by atoms with Crippen molar-refractivity contribution in [3.8, 4) is 5.75 Å². The number of rotatable bonds is 7. The molecule has 2 atom stereocenters. The van der Waals surface area contributed by atoms with Crippen molar-refractivity contribution in [2.75, 3.05) is 13.2 Å². The second kappa shape index (κ2) is 7.98. The highest BCUT2D eigenvalue weighted by Crippen LogP contribution is 2.23. The summed E-state index contributed by atoms with van der Waals surface area (Å²) in [4.78, 5) is 3.98. The summed E-state index contributed by atoms with van der Waals surface area (Å²) in [6.07, 6.45) is 2.90. The second-order valence-corrected chi connectivity index (χ2v) is 5.21. The summed E-state index contributed by atoms with van der Waals surface area (Å²) in [6.45, 7) is 2.67. The van der Waals surface area contributed by atoms with Gasteiger partial charge in [0.15, 0.2) is 0 Å². The summed E-state index contributed by atoms with van der Waals surface area (Å²) < 4.78 is 5.50. The van der Waals surface area contributed by atoms with E-state index in [1.54, 1.807) is 24.5 Å². The van der Waals surface area contributed by atoms with Gasteiger partial charge in [0.05, 0.1) is 5.02 Å². The third-order valence-corrected chi connectivity index (χ3v) is 3.45. The number of nitrogens with one attached hydrogen (secondary N) is 1. The molecule has 2 rings (SSSR count). The van der Waals surface area contributed by atoms with E-state index < -0.39 is 6.10 Å². The van der Waals surface area contributed by atoms with Crippen LogP contribution in [-0.4, -0.2) is 29.3 Å². The Bertz CT molecular complexity index is 551. The lowest BCUT2D eigenvalue weighted by atomic mass is 10.1. The molecule has 0 radical (unpaired) electrons. The van der Waals surface area contributed by atoms with Crippen LogP contribution < -0.4 is 10.1 Å². The van der Waals surface area contributed by atoms with E-state index >= 15 is 0 Å². The summed E-state index contributed by atoms with van der Waals surface area (Å²) >= 11 is 5.99. The Kier molecular flexibility index (Phi) is 5.99. The Morgan fingerprint density at radius 3 is 2.67 bits per heavy atom. The van der Waals surface area contributed by atoms with Gasteiger partial charge >= 0.3 is 0 Å². The molecule has 1 aromatic heterocycles. The topological polar surface area (TPSA) is 54.4 Å². The lowest BCUT2D eigenvalue weighted by molar-refractivity contribution is 0.104. The van der Waals surface area contributed by atoms with E-state index in [0.29, 0.717) is 17.3 Å². The fourth-order valence-electron chi connectivity index (χ4n) is 1.89. The SMILES string of the molecule is CC(NCC(O)COc1ccccc1Cl)c1ccncc1. The highest BCUT2D eigenvalue weighted by Gasteiger charge is 2.10. The van der Waals surface area contributed by atoms with Crippen molar-refractivity contribution in [1.29, 1.82) is 0 Å². The Balaban J connectivity index is 1.75. The molecule has 2 N–H and O–H groups in total. The molecule has 4 nitrogen and oxygen atoms in total. The number of hydrogen-bond acceptors (Lipinski definition) is 4. The maximum absolute atomic E-state index is 9.95. The molecule has 1 heterocycles. The maximum Gasteiger partial charge on any atom is 0.138 e. The summed E-state index contributed by atoms with van der Waals surface area (Å²) in [5.74, 6) is 0.584. The molecule has 0 aliphatic rings. The van der Waals surface area contributed by atoms with Crippen LogP contribution in [0.5, 0.6) is 5.75 Å². The maximum atomic E-state index is 9.95. The molecule has 5 heteroatoms. The van der Waals surface area contributed by atoms with Gasteiger partial charge in [-0.15, -0.1) is 0 Å². The Morgan fingerprint density at radius 2 is 1.95 bits per heavy atom. The molecule has 0 spiro atoms. The number of halogens is 1. The number of aromatic nitrogens is 1. The molecule has 0 aliphatic carbocycles. The summed E-state index contributed by atoms with van der Waals surface area (Å²) in [5.41, 5.74) is 1.13. The minimum Gasteiger partial charge on any atom is -0.489 e. The number of aliphatic hydroxyl groups excluding tert-OH is 1. The van der Waals surface area contributed by atoms with Gasteiger partial charge in [-0.25, -0.2) is 0 Å². The molecule has 2 aromatic rings. The van der Waals surface area contributed by atoms with Gasteiger partial charge in [-0.05, 0) is 36.8 Å². The van der Waals surface area contributed by atoms with Gasteiger partial charge in [0.25, 0.3) is 0 Å². The molecular formula is C16H19ClN2O2. The van der Waals surface area contributed by atoms with Crippen molar-refractivity contribution in [1.82, 2.24) is 10.3 Å². The number of nitrogens with zero attached hydrogens (tertiary/aromatic N) is 1. The molecule has 0 bridgehead atoms. The third kappa shape index (κ3) is 5.01. The normalized spacial score (nSPS) is 13.7. The van der Waals surface area contributed by atoms with E-state index in [-0.39, 0.29) is 12.6 Å². The monoisotopic (exact) mass is 306 g/mol. The average Bonchev–Trinajstić information content (AvgIpc) is 2.52. The fraction of sp³-hybridized carbons (Fsp3) is 0.312. The quantitative estimate of drug-likeness (QED) is 0.826. The molecule has 1 aromatic carbocycles. The van der Waals surface area contributed by atoms with Crippen molar-refractivity contribution >= 4 is 11.6 Å². The fourth-order valence-corrected chi connectivity index (χ4v) is 2.08. The predicted molar refractivity (Wildman–Crippen MR) is 83.6 cm³/mol. The molecule has 0 saturated heterocycles. The summed E-state index contributed by atoms with van der Waals surface area (Å²) in [6, 6.07) is 11.3. The van der Waals surface area contributed by atoms with Gasteiger partial charge in [-0.3, -0.25) is 4.98 Å². The Morgan fingerprint density at radius 1 is 1.24 bits per heavy atom. The van der Waals surface area contributed by atoms with E-state index in [4.69, 9.17) is 16.3 Å². The van der Waals surface area contributed by atoms with Crippen LogP contribution in [0.3, 0.4) is 0 Å². The molecule has 2 unspecified atom stereocenters. The van der Waals surface area contributed by atoms with E-state index in [9.17, 15) is 5.11 Å². The summed E-state index contributed by atoms with van der Waals surface area (Å²) in [7, 11) is 0. The van der Waals surface area contributed by atoms with Gasteiger partial charge in [-0.1, -0.05) is 23.7 Å². The summed E-state index contributed by atoms with van der Waals surface area (Å²) in [5, 5.41) is 13.8. The Hall–Kier alpha value is -1.62. The molecule has 0 amide bonds. The molecule has 0 fully saturated rings.